The molecule has 100 valence electrons. The first-order chi connectivity index (χ1) is 9.04. The van der Waals surface area contributed by atoms with E-state index >= 15 is 0 Å². The monoisotopic (exact) mass is 259 g/mol. The molecule has 0 aliphatic heterocycles. The molecule has 0 aliphatic rings. The Kier molecular flexibility index (Phi) is 4.42. The second kappa shape index (κ2) is 6.06. The Balaban J connectivity index is 1.98. The van der Waals surface area contributed by atoms with Crippen LogP contribution in [0.15, 0.2) is 40.8 Å². The molecule has 1 aromatic carbocycles. The van der Waals surface area contributed by atoms with E-state index in [1.54, 1.807) is 12.1 Å². The average Bonchev–Trinajstić information content (AvgIpc) is 2.74. The average molecular weight is 259 g/mol. The largest absolute Gasteiger partial charge is 0.488 e. The molecule has 0 spiro atoms. The normalized spacial score (nSPS) is 11.0. The Morgan fingerprint density at radius 3 is 2.58 bits per heavy atom. The lowest BCUT2D eigenvalue weighted by molar-refractivity contribution is 0.285. The van der Waals surface area contributed by atoms with Gasteiger partial charge in [-0.1, -0.05) is 24.3 Å². The summed E-state index contributed by atoms with van der Waals surface area (Å²) in [7, 11) is 0.581. The Morgan fingerprint density at radius 1 is 1.16 bits per heavy atom. The summed E-state index contributed by atoms with van der Waals surface area (Å²) in [6.45, 7) is 3.37. The number of hydrogen-bond donors (Lipinski definition) is 2. The molecule has 1 aromatic heterocycles. The summed E-state index contributed by atoms with van der Waals surface area (Å²) in [5, 5.41) is 18.3. The van der Waals surface area contributed by atoms with E-state index in [-0.39, 0.29) is 0 Å². The van der Waals surface area contributed by atoms with E-state index in [0.717, 1.165) is 30.2 Å². The highest BCUT2D eigenvalue weighted by molar-refractivity contribution is 6.58. The van der Waals surface area contributed by atoms with Crippen LogP contribution >= 0.6 is 0 Å². The molecule has 0 unspecified atom stereocenters. The quantitative estimate of drug-likeness (QED) is 0.783. The Bertz CT molecular complexity index is 539. The summed E-state index contributed by atoms with van der Waals surface area (Å²) in [5.41, 5.74) is 1.55. The highest BCUT2D eigenvalue weighted by Crippen LogP contribution is 2.10. The van der Waals surface area contributed by atoms with Gasteiger partial charge >= 0.3 is 7.12 Å². The van der Waals surface area contributed by atoms with Crippen LogP contribution in [0.5, 0.6) is 0 Å². The molecule has 0 radical (unpaired) electrons. The molecule has 19 heavy (non-hydrogen) atoms. The summed E-state index contributed by atoms with van der Waals surface area (Å²) >= 11 is 0. The third-order valence-electron chi connectivity index (χ3n) is 2.92. The molecule has 4 nitrogen and oxygen atoms in total. The molecule has 0 amide bonds. The lowest BCUT2D eigenvalue weighted by Crippen LogP contribution is -2.30. The van der Waals surface area contributed by atoms with Crippen LogP contribution in [-0.2, 0) is 13.1 Å². The first-order valence-corrected chi connectivity index (χ1v) is 6.23. The van der Waals surface area contributed by atoms with Gasteiger partial charge in [0, 0.05) is 6.54 Å². The van der Waals surface area contributed by atoms with E-state index in [0.29, 0.717) is 5.46 Å². The summed E-state index contributed by atoms with van der Waals surface area (Å²) in [6, 6.07) is 11.2. The SMILES string of the molecule is Cc1ccc(CN(C)Cc2cccc(B(O)O)c2)o1. The van der Waals surface area contributed by atoms with Gasteiger partial charge in [0.15, 0.2) is 0 Å². The van der Waals surface area contributed by atoms with Gasteiger partial charge in [0.25, 0.3) is 0 Å². The number of hydrogen-bond acceptors (Lipinski definition) is 4. The number of rotatable bonds is 5. The fraction of sp³-hybridized carbons (Fsp3) is 0.286. The third-order valence-corrected chi connectivity index (χ3v) is 2.92. The molecule has 2 rings (SSSR count). The van der Waals surface area contributed by atoms with Gasteiger partial charge in [-0.25, -0.2) is 0 Å². The van der Waals surface area contributed by atoms with Gasteiger partial charge in [-0.15, -0.1) is 0 Å². The van der Waals surface area contributed by atoms with Crippen molar-refractivity contribution in [3.63, 3.8) is 0 Å². The van der Waals surface area contributed by atoms with Crippen LogP contribution in [0.3, 0.4) is 0 Å². The van der Waals surface area contributed by atoms with Gasteiger partial charge < -0.3 is 14.5 Å². The third kappa shape index (κ3) is 3.96. The van der Waals surface area contributed by atoms with Crippen LogP contribution in [-0.4, -0.2) is 29.1 Å². The first kappa shape index (κ1) is 13.9. The van der Waals surface area contributed by atoms with E-state index in [1.807, 2.05) is 38.2 Å². The molecule has 5 heteroatoms. The predicted molar refractivity (Wildman–Crippen MR) is 74.9 cm³/mol. The number of aryl methyl sites for hydroxylation is 1. The van der Waals surface area contributed by atoms with E-state index < -0.39 is 7.12 Å². The van der Waals surface area contributed by atoms with Gasteiger partial charge in [-0.3, -0.25) is 4.90 Å². The van der Waals surface area contributed by atoms with E-state index in [2.05, 4.69) is 4.90 Å². The minimum atomic E-state index is -1.42. The zero-order valence-electron chi connectivity index (χ0n) is 11.2. The van der Waals surface area contributed by atoms with Gasteiger partial charge in [0.2, 0.25) is 0 Å². The van der Waals surface area contributed by atoms with Crippen LogP contribution in [0.1, 0.15) is 17.1 Å². The standard InChI is InChI=1S/C14H18BNO3/c1-11-6-7-14(19-11)10-16(2)9-12-4-3-5-13(8-12)15(17)18/h3-8,17-18H,9-10H2,1-2H3. The van der Waals surface area contributed by atoms with Crippen LogP contribution in [0.2, 0.25) is 0 Å². The summed E-state index contributed by atoms with van der Waals surface area (Å²) in [5.74, 6) is 1.84. The number of furan rings is 1. The van der Waals surface area contributed by atoms with Crippen molar-refractivity contribution in [2.24, 2.45) is 0 Å². The molecule has 0 bridgehead atoms. The molecule has 0 atom stereocenters. The van der Waals surface area contributed by atoms with Crippen molar-refractivity contribution in [1.82, 2.24) is 4.90 Å². The second-order valence-electron chi connectivity index (χ2n) is 4.80. The zero-order chi connectivity index (χ0) is 13.8. The van der Waals surface area contributed by atoms with Crippen molar-refractivity contribution < 1.29 is 14.5 Å². The van der Waals surface area contributed by atoms with Crippen molar-refractivity contribution in [2.45, 2.75) is 20.0 Å². The van der Waals surface area contributed by atoms with Gasteiger partial charge in [0.1, 0.15) is 11.5 Å². The lowest BCUT2D eigenvalue weighted by atomic mass is 9.79. The highest BCUT2D eigenvalue weighted by Gasteiger charge is 2.11. The van der Waals surface area contributed by atoms with Crippen molar-refractivity contribution >= 4 is 12.6 Å². The molecule has 0 saturated carbocycles. The van der Waals surface area contributed by atoms with Crippen LogP contribution < -0.4 is 5.46 Å². The minimum Gasteiger partial charge on any atom is -0.465 e. The van der Waals surface area contributed by atoms with Crippen molar-refractivity contribution in [2.75, 3.05) is 7.05 Å². The predicted octanol–water partition coefficient (Wildman–Crippen LogP) is 0.900. The Morgan fingerprint density at radius 2 is 1.95 bits per heavy atom. The molecule has 0 aliphatic carbocycles. The topological polar surface area (TPSA) is 56.8 Å². The summed E-state index contributed by atoms with van der Waals surface area (Å²) < 4.78 is 5.53. The first-order valence-electron chi connectivity index (χ1n) is 6.23. The van der Waals surface area contributed by atoms with Gasteiger partial charge in [-0.05, 0) is 37.1 Å². The summed E-state index contributed by atoms with van der Waals surface area (Å²) in [6.07, 6.45) is 0. The molecular formula is C14H18BNO3. The van der Waals surface area contributed by atoms with E-state index in [9.17, 15) is 0 Å². The van der Waals surface area contributed by atoms with Crippen LogP contribution in [0, 0.1) is 6.92 Å². The lowest BCUT2D eigenvalue weighted by Gasteiger charge is -2.15. The zero-order valence-corrected chi connectivity index (χ0v) is 11.2. The molecule has 2 aromatic rings. The maximum atomic E-state index is 9.15. The molecule has 0 fully saturated rings. The maximum Gasteiger partial charge on any atom is 0.488 e. The highest BCUT2D eigenvalue weighted by atomic mass is 16.4. The van der Waals surface area contributed by atoms with Gasteiger partial charge in [0.05, 0.1) is 6.54 Å². The fourth-order valence-corrected chi connectivity index (χ4v) is 2.06. The minimum absolute atomic E-state index is 0.514. The Labute approximate surface area is 113 Å². The van der Waals surface area contributed by atoms with E-state index in [4.69, 9.17) is 14.5 Å². The fourth-order valence-electron chi connectivity index (χ4n) is 2.06. The molecular weight excluding hydrogens is 241 g/mol. The summed E-state index contributed by atoms with van der Waals surface area (Å²) in [4.78, 5) is 2.11. The van der Waals surface area contributed by atoms with E-state index in [1.165, 1.54) is 0 Å². The van der Waals surface area contributed by atoms with Crippen LogP contribution in [0.4, 0.5) is 0 Å². The van der Waals surface area contributed by atoms with Crippen molar-refractivity contribution in [3.05, 3.63) is 53.5 Å². The smallest absolute Gasteiger partial charge is 0.465 e. The molecule has 1 heterocycles. The van der Waals surface area contributed by atoms with Crippen molar-refractivity contribution in [1.29, 1.82) is 0 Å². The maximum absolute atomic E-state index is 9.15. The molecule has 0 saturated heterocycles. The second-order valence-corrected chi connectivity index (χ2v) is 4.80. The van der Waals surface area contributed by atoms with Crippen molar-refractivity contribution in [3.8, 4) is 0 Å². The van der Waals surface area contributed by atoms with Crippen LogP contribution in [0.25, 0.3) is 0 Å². The number of benzene rings is 1. The number of nitrogens with zero attached hydrogens (tertiary/aromatic N) is 1. The van der Waals surface area contributed by atoms with Gasteiger partial charge in [-0.2, -0.15) is 0 Å². The Hall–Kier alpha value is -1.56. The molecule has 2 N–H and O–H groups in total.